The zero-order chi connectivity index (χ0) is 28.6. The van der Waals surface area contributed by atoms with Crippen LogP contribution in [0.25, 0.3) is 10.9 Å². The van der Waals surface area contributed by atoms with Crippen LogP contribution in [0.15, 0.2) is 29.2 Å². The molecule has 10 heteroatoms. The second-order valence-corrected chi connectivity index (χ2v) is 12.8. The van der Waals surface area contributed by atoms with Gasteiger partial charge in [-0.1, -0.05) is 26.0 Å². The Balaban J connectivity index is 1.54. The summed E-state index contributed by atoms with van der Waals surface area (Å²) in [6.45, 7) is 16.1. The molecule has 4 rings (SSSR count). The fourth-order valence-electron chi connectivity index (χ4n) is 5.33. The lowest BCUT2D eigenvalue weighted by Gasteiger charge is -2.34. The van der Waals surface area contributed by atoms with Crippen LogP contribution in [0.5, 0.6) is 0 Å². The Kier molecular flexibility index (Phi) is 8.30. The minimum Gasteiger partial charge on any atom is -0.368 e. The molecule has 1 aliphatic rings. The van der Waals surface area contributed by atoms with Gasteiger partial charge in [0.1, 0.15) is 17.7 Å². The van der Waals surface area contributed by atoms with E-state index < -0.39 is 22.0 Å². The smallest absolute Gasteiger partial charge is 0.243 e. The molecule has 210 valence electrons. The number of nitrogens with one attached hydrogen (secondary N) is 1. The zero-order valence-electron chi connectivity index (χ0n) is 24.0. The van der Waals surface area contributed by atoms with Gasteiger partial charge in [-0.05, 0) is 80.5 Å². The second-order valence-electron chi connectivity index (χ2n) is 10.9. The van der Waals surface area contributed by atoms with Crippen molar-refractivity contribution in [1.82, 2.24) is 19.2 Å². The van der Waals surface area contributed by atoms with Crippen LogP contribution in [0.2, 0.25) is 0 Å². The van der Waals surface area contributed by atoms with Gasteiger partial charge in [-0.15, -0.1) is 0 Å². The van der Waals surface area contributed by atoms with Crippen LogP contribution < -0.4 is 11.1 Å². The van der Waals surface area contributed by atoms with E-state index in [1.54, 1.807) is 4.31 Å². The van der Waals surface area contributed by atoms with Crippen LogP contribution in [0.1, 0.15) is 47.5 Å². The topological polar surface area (TPSA) is 122 Å². The number of hydrogen-bond donors (Lipinski definition) is 2. The molecular formula is C29H40N6O3S. The van der Waals surface area contributed by atoms with Gasteiger partial charge < -0.3 is 11.1 Å². The minimum atomic E-state index is -3.63. The van der Waals surface area contributed by atoms with E-state index >= 15 is 0 Å². The fourth-order valence-corrected chi connectivity index (χ4v) is 7.31. The Bertz CT molecular complexity index is 1480. The van der Waals surface area contributed by atoms with Gasteiger partial charge in [0.25, 0.3) is 0 Å². The summed E-state index contributed by atoms with van der Waals surface area (Å²) in [7, 11) is -3.63. The molecule has 3 N–H and O–H groups in total. The highest BCUT2D eigenvalue weighted by Gasteiger charge is 2.32. The number of para-hydroxylation sites is 1. The molecule has 1 aromatic heterocycles. The monoisotopic (exact) mass is 552 g/mol. The number of anilines is 1. The first kappa shape index (κ1) is 28.9. The van der Waals surface area contributed by atoms with E-state index in [2.05, 4.69) is 10.2 Å². The van der Waals surface area contributed by atoms with Gasteiger partial charge in [0, 0.05) is 31.6 Å². The molecule has 0 aliphatic carbocycles. The minimum absolute atomic E-state index is 0.0110. The van der Waals surface area contributed by atoms with E-state index in [0.29, 0.717) is 49.3 Å². The number of nitrogens with zero attached hydrogens (tertiary/aromatic N) is 4. The van der Waals surface area contributed by atoms with Crippen molar-refractivity contribution in [1.29, 1.82) is 0 Å². The molecule has 9 nitrogen and oxygen atoms in total. The summed E-state index contributed by atoms with van der Waals surface area (Å²) in [6.07, 6.45) is 0. The number of rotatable bonds is 8. The van der Waals surface area contributed by atoms with Crippen molar-refractivity contribution >= 4 is 32.7 Å². The van der Waals surface area contributed by atoms with Gasteiger partial charge in [-0.25, -0.2) is 18.4 Å². The lowest BCUT2D eigenvalue weighted by molar-refractivity contribution is -0.119. The molecule has 3 aromatic rings. The number of amides is 1. The SMILES string of the molecule is Cc1c(C)c(C)c(S(=O)(=O)N2CCN(Cc3nc(N[C@H](C(N)=O)C(C)C)c4ccccc4n3)CC2)c(C)c1C. The average molecular weight is 553 g/mol. The molecule has 1 fully saturated rings. The summed E-state index contributed by atoms with van der Waals surface area (Å²) in [5.74, 6) is 0.737. The number of aromatic nitrogens is 2. The predicted octanol–water partition coefficient (Wildman–Crippen LogP) is 3.60. The van der Waals surface area contributed by atoms with Crippen molar-refractivity contribution in [3.63, 3.8) is 0 Å². The summed E-state index contributed by atoms with van der Waals surface area (Å²) in [5, 5.41) is 4.05. The van der Waals surface area contributed by atoms with Crippen molar-refractivity contribution in [3.8, 4) is 0 Å². The standard InChI is InChI=1S/C29H40N6O3S/c1-17(2)26(28(30)36)33-29-23-10-8-9-11-24(23)31-25(32-29)16-34-12-14-35(15-13-34)39(37,38)27-21(6)19(4)18(3)20(5)22(27)7/h8-11,17,26H,12-16H2,1-7H3,(H2,30,36)(H,31,32,33)/t26-/m0/s1. The molecular weight excluding hydrogens is 512 g/mol. The second kappa shape index (κ2) is 11.2. The molecule has 2 heterocycles. The maximum atomic E-state index is 13.8. The largest absolute Gasteiger partial charge is 0.368 e. The molecule has 1 atom stereocenters. The Morgan fingerprint density at radius 1 is 0.923 bits per heavy atom. The summed E-state index contributed by atoms with van der Waals surface area (Å²) in [4.78, 5) is 24.2. The highest BCUT2D eigenvalue weighted by molar-refractivity contribution is 7.89. The van der Waals surface area contributed by atoms with E-state index in [0.717, 1.165) is 38.7 Å². The molecule has 0 spiro atoms. The maximum Gasteiger partial charge on any atom is 0.243 e. The number of nitrogens with two attached hydrogens (primary N) is 1. The Morgan fingerprint density at radius 2 is 1.49 bits per heavy atom. The van der Waals surface area contributed by atoms with Crippen molar-refractivity contribution < 1.29 is 13.2 Å². The maximum absolute atomic E-state index is 13.8. The summed E-state index contributed by atoms with van der Waals surface area (Å²) >= 11 is 0. The molecule has 2 aromatic carbocycles. The molecule has 0 radical (unpaired) electrons. The number of carbonyl (C=O) groups excluding carboxylic acids is 1. The van der Waals surface area contributed by atoms with Crippen LogP contribution in [0.4, 0.5) is 5.82 Å². The molecule has 39 heavy (non-hydrogen) atoms. The zero-order valence-corrected chi connectivity index (χ0v) is 24.8. The van der Waals surface area contributed by atoms with E-state index in [1.165, 1.54) is 0 Å². The Hall–Kier alpha value is -3.08. The highest BCUT2D eigenvalue weighted by Crippen LogP contribution is 2.32. The van der Waals surface area contributed by atoms with Gasteiger partial charge in [-0.3, -0.25) is 9.69 Å². The van der Waals surface area contributed by atoms with Crippen molar-refractivity contribution in [2.24, 2.45) is 11.7 Å². The van der Waals surface area contributed by atoms with E-state index in [1.807, 2.05) is 72.7 Å². The Labute approximate surface area is 231 Å². The quantitative estimate of drug-likeness (QED) is 0.438. The number of hydrogen-bond acceptors (Lipinski definition) is 7. The lowest BCUT2D eigenvalue weighted by atomic mass is 9.95. The summed E-state index contributed by atoms with van der Waals surface area (Å²) < 4.78 is 29.1. The average Bonchev–Trinajstić information content (AvgIpc) is 2.89. The van der Waals surface area contributed by atoms with Gasteiger partial charge in [0.15, 0.2) is 0 Å². The van der Waals surface area contributed by atoms with Crippen LogP contribution in [0, 0.1) is 40.5 Å². The molecule has 0 saturated carbocycles. The Morgan fingerprint density at radius 3 is 2.05 bits per heavy atom. The van der Waals surface area contributed by atoms with Crippen molar-refractivity contribution in [3.05, 3.63) is 57.9 Å². The third-order valence-corrected chi connectivity index (χ3v) is 10.3. The third kappa shape index (κ3) is 5.64. The number of carbonyl (C=O) groups is 1. The van der Waals surface area contributed by atoms with Crippen molar-refractivity contribution in [2.45, 2.75) is 65.9 Å². The van der Waals surface area contributed by atoms with Crippen LogP contribution in [0.3, 0.4) is 0 Å². The van der Waals surface area contributed by atoms with Crippen LogP contribution in [-0.4, -0.2) is 65.7 Å². The van der Waals surface area contributed by atoms with Crippen LogP contribution in [-0.2, 0) is 21.4 Å². The van der Waals surface area contributed by atoms with Gasteiger partial charge >= 0.3 is 0 Å². The highest BCUT2D eigenvalue weighted by atomic mass is 32.2. The molecule has 1 aliphatic heterocycles. The summed E-state index contributed by atoms with van der Waals surface area (Å²) in [6, 6.07) is 7.10. The first-order valence-electron chi connectivity index (χ1n) is 13.4. The number of piperazine rings is 1. The summed E-state index contributed by atoms with van der Waals surface area (Å²) in [5.41, 5.74) is 11.3. The predicted molar refractivity (Wildman–Crippen MR) is 155 cm³/mol. The van der Waals surface area contributed by atoms with E-state index in [4.69, 9.17) is 15.7 Å². The van der Waals surface area contributed by atoms with E-state index in [9.17, 15) is 13.2 Å². The first-order chi connectivity index (χ1) is 18.3. The molecule has 0 bridgehead atoms. The first-order valence-corrected chi connectivity index (χ1v) is 14.9. The number of primary amides is 1. The normalized spacial score (nSPS) is 16.1. The van der Waals surface area contributed by atoms with Gasteiger partial charge in [0.05, 0.1) is 17.0 Å². The number of benzene rings is 2. The molecule has 0 unspecified atom stereocenters. The van der Waals surface area contributed by atoms with Gasteiger partial charge in [-0.2, -0.15) is 4.31 Å². The lowest BCUT2D eigenvalue weighted by Crippen LogP contribution is -2.48. The van der Waals surface area contributed by atoms with Gasteiger partial charge in [0.2, 0.25) is 15.9 Å². The molecule has 1 saturated heterocycles. The molecule has 1 amide bonds. The number of sulfonamides is 1. The van der Waals surface area contributed by atoms with Crippen LogP contribution >= 0.6 is 0 Å². The van der Waals surface area contributed by atoms with Crippen molar-refractivity contribution in [2.75, 3.05) is 31.5 Å². The fraction of sp³-hybridized carbons (Fsp3) is 0.483. The third-order valence-electron chi connectivity index (χ3n) is 8.14. The van der Waals surface area contributed by atoms with E-state index in [-0.39, 0.29) is 5.92 Å². The number of fused-ring (bicyclic) bond motifs is 1.